The number of benzene rings is 2. The first-order valence-electron chi connectivity index (χ1n) is 9.75. The minimum atomic E-state index is 0.144. The van der Waals surface area contributed by atoms with Gasteiger partial charge in [0.2, 0.25) is 5.91 Å². The fourth-order valence-electron chi connectivity index (χ4n) is 3.55. The van der Waals surface area contributed by atoms with Crippen LogP contribution in [0.15, 0.2) is 52.3 Å². The number of amides is 1. The number of nitrogens with one attached hydrogen (secondary N) is 1. The summed E-state index contributed by atoms with van der Waals surface area (Å²) < 4.78 is 0. The molecule has 3 heteroatoms. The molecule has 2 nitrogen and oxygen atoms in total. The van der Waals surface area contributed by atoms with Crippen LogP contribution < -0.4 is 5.32 Å². The molecule has 2 aromatic rings. The van der Waals surface area contributed by atoms with Crippen molar-refractivity contribution in [1.29, 1.82) is 0 Å². The third-order valence-corrected chi connectivity index (χ3v) is 6.35. The third-order valence-electron chi connectivity index (χ3n) is 5.36. The van der Waals surface area contributed by atoms with Gasteiger partial charge in [0.15, 0.2) is 0 Å². The Morgan fingerprint density at radius 2 is 1.65 bits per heavy atom. The number of anilines is 1. The van der Waals surface area contributed by atoms with Crippen LogP contribution in [0.5, 0.6) is 0 Å². The molecule has 26 heavy (non-hydrogen) atoms. The minimum Gasteiger partial charge on any atom is -0.326 e. The van der Waals surface area contributed by atoms with E-state index >= 15 is 0 Å². The summed E-state index contributed by atoms with van der Waals surface area (Å²) in [6.45, 7) is 4.28. The van der Waals surface area contributed by atoms with Gasteiger partial charge in [0.1, 0.15) is 0 Å². The van der Waals surface area contributed by atoms with Crippen LogP contribution in [0.4, 0.5) is 5.69 Å². The van der Waals surface area contributed by atoms with Gasteiger partial charge in [-0.15, -0.1) is 0 Å². The molecule has 0 atom stereocenters. The first-order valence-corrected chi connectivity index (χ1v) is 10.6. The van der Waals surface area contributed by atoms with Crippen molar-refractivity contribution in [3.63, 3.8) is 0 Å². The van der Waals surface area contributed by atoms with Crippen molar-refractivity contribution < 1.29 is 4.79 Å². The molecule has 0 aliphatic heterocycles. The maximum Gasteiger partial charge on any atom is 0.224 e. The minimum absolute atomic E-state index is 0.144. The Kier molecular flexibility index (Phi) is 6.79. The fourth-order valence-corrected chi connectivity index (χ4v) is 4.47. The Balaban J connectivity index is 1.48. The van der Waals surface area contributed by atoms with Crippen molar-refractivity contribution >= 4 is 23.4 Å². The highest BCUT2D eigenvalue weighted by Gasteiger charge is 2.14. The molecule has 0 unspecified atom stereocenters. The van der Waals surface area contributed by atoms with Crippen LogP contribution in [0.25, 0.3) is 0 Å². The Morgan fingerprint density at radius 3 is 2.35 bits per heavy atom. The molecular weight excluding hydrogens is 338 g/mol. The van der Waals surface area contributed by atoms with Crippen LogP contribution in [0.2, 0.25) is 0 Å². The van der Waals surface area contributed by atoms with Crippen LogP contribution in [-0.2, 0) is 4.79 Å². The highest BCUT2D eigenvalue weighted by Crippen LogP contribution is 2.30. The summed E-state index contributed by atoms with van der Waals surface area (Å²) in [5.74, 6) is 0.899. The Morgan fingerprint density at radius 1 is 0.962 bits per heavy atom. The Bertz CT molecular complexity index is 732. The van der Waals surface area contributed by atoms with Crippen molar-refractivity contribution in [1.82, 2.24) is 0 Å². The molecule has 3 rings (SSSR count). The zero-order chi connectivity index (χ0) is 18.4. The predicted molar refractivity (Wildman–Crippen MR) is 111 cm³/mol. The molecule has 0 spiro atoms. The van der Waals surface area contributed by atoms with E-state index in [1.54, 1.807) is 11.8 Å². The van der Waals surface area contributed by atoms with Crippen LogP contribution in [0.3, 0.4) is 0 Å². The third kappa shape index (κ3) is 5.63. The van der Waals surface area contributed by atoms with Crippen LogP contribution in [0.1, 0.15) is 56.1 Å². The summed E-state index contributed by atoms with van der Waals surface area (Å²) in [6, 6.07) is 14.7. The molecule has 0 saturated heterocycles. The monoisotopic (exact) mass is 367 g/mol. The molecule has 0 aromatic heterocycles. The lowest BCUT2D eigenvalue weighted by molar-refractivity contribution is -0.116. The summed E-state index contributed by atoms with van der Waals surface area (Å²) in [7, 11) is 0. The first kappa shape index (κ1) is 19.0. The van der Waals surface area contributed by atoms with E-state index < -0.39 is 0 Å². The van der Waals surface area contributed by atoms with E-state index in [9.17, 15) is 4.79 Å². The lowest BCUT2D eigenvalue weighted by Crippen LogP contribution is -2.14. The smallest absolute Gasteiger partial charge is 0.224 e. The van der Waals surface area contributed by atoms with Gasteiger partial charge in [-0.3, -0.25) is 4.79 Å². The maximum atomic E-state index is 12.2. The molecule has 0 radical (unpaired) electrons. The second-order valence-corrected chi connectivity index (χ2v) is 8.61. The van der Waals surface area contributed by atoms with Gasteiger partial charge >= 0.3 is 0 Å². The van der Waals surface area contributed by atoms with Gasteiger partial charge in [-0.2, -0.15) is 0 Å². The largest absolute Gasteiger partial charge is 0.326 e. The quantitative estimate of drug-likeness (QED) is 0.611. The zero-order valence-corrected chi connectivity index (χ0v) is 16.7. The van der Waals surface area contributed by atoms with Crippen molar-refractivity contribution in [3.05, 3.63) is 53.6 Å². The van der Waals surface area contributed by atoms with Gasteiger partial charge in [0.25, 0.3) is 0 Å². The molecule has 0 bridgehead atoms. The molecule has 1 N–H and O–H groups in total. The van der Waals surface area contributed by atoms with Gasteiger partial charge in [0.05, 0.1) is 0 Å². The number of carbonyl (C=O) groups is 1. The van der Waals surface area contributed by atoms with E-state index in [4.69, 9.17) is 0 Å². The molecular formula is C23H29NOS. The maximum absolute atomic E-state index is 12.2. The average molecular weight is 368 g/mol. The van der Waals surface area contributed by atoms with E-state index in [0.29, 0.717) is 6.42 Å². The Hall–Kier alpha value is -1.74. The van der Waals surface area contributed by atoms with E-state index in [2.05, 4.69) is 49.5 Å². The van der Waals surface area contributed by atoms with E-state index in [0.717, 1.165) is 18.0 Å². The van der Waals surface area contributed by atoms with Crippen LogP contribution in [0, 0.1) is 19.8 Å². The van der Waals surface area contributed by atoms with E-state index in [-0.39, 0.29) is 5.91 Å². The average Bonchev–Trinajstić information content (AvgIpc) is 2.65. The summed E-state index contributed by atoms with van der Waals surface area (Å²) in [5.41, 5.74) is 3.53. The zero-order valence-electron chi connectivity index (χ0n) is 15.9. The van der Waals surface area contributed by atoms with E-state index in [1.807, 2.05) is 12.1 Å². The summed E-state index contributed by atoms with van der Waals surface area (Å²) >= 11 is 1.75. The lowest BCUT2D eigenvalue weighted by atomic mass is 9.86. The number of carbonyl (C=O) groups excluding carboxylic acids is 1. The number of rotatable bonds is 6. The molecule has 1 amide bonds. The van der Waals surface area contributed by atoms with Crippen molar-refractivity contribution in [2.75, 3.05) is 5.32 Å². The Labute approximate surface area is 161 Å². The van der Waals surface area contributed by atoms with Gasteiger partial charge in [0, 0.05) is 21.9 Å². The summed E-state index contributed by atoms with van der Waals surface area (Å²) in [4.78, 5) is 14.6. The van der Waals surface area contributed by atoms with Crippen LogP contribution in [-0.4, -0.2) is 5.91 Å². The molecule has 2 aromatic carbocycles. The molecule has 1 saturated carbocycles. The van der Waals surface area contributed by atoms with Crippen molar-refractivity contribution in [3.8, 4) is 0 Å². The predicted octanol–water partition coefficient (Wildman–Crippen LogP) is 6.75. The molecule has 1 fully saturated rings. The van der Waals surface area contributed by atoms with Gasteiger partial charge < -0.3 is 5.32 Å². The van der Waals surface area contributed by atoms with Gasteiger partial charge in [-0.25, -0.2) is 0 Å². The SMILES string of the molecule is Cc1ccc(Sc2ccc(NC(=O)CCC3CCCCC3)cc2)cc1C. The molecule has 1 aliphatic rings. The highest BCUT2D eigenvalue weighted by molar-refractivity contribution is 7.99. The van der Waals surface area contributed by atoms with Crippen molar-refractivity contribution in [2.24, 2.45) is 5.92 Å². The van der Waals surface area contributed by atoms with Gasteiger partial charge in [-0.1, -0.05) is 49.9 Å². The van der Waals surface area contributed by atoms with E-state index in [1.165, 1.54) is 53.0 Å². The topological polar surface area (TPSA) is 29.1 Å². The molecule has 138 valence electrons. The number of hydrogen-bond acceptors (Lipinski definition) is 2. The second-order valence-electron chi connectivity index (χ2n) is 7.46. The van der Waals surface area contributed by atoms with Crippen molar-refractivity contribution in [2.45, 2.75) is 68.6 Å². The summed E-state index contributed by atoms with van der Waals surface area (Å²) in [5, 5.41) is 3.04. The number of hydrogen-bond donors (Lipinski definition) is 1. The highest BCUT2D eigenvalue weighted by atomic mass is 32.2. The fraction of sp³-hybridized carbons (Fsp3) is 0.435. The standard InChI is InChI=1S/C23H29NOS/c1-17-8-12-22(16-18(17)2)26-21-13-10-20(11-14-21)24-23(25)15-9-19-6-4-3-5-7-19/h8,10-14,16,19H,3-7,9,15H2,1-2H3,(H,24,25). The summed E-state index contributed by atoms with van der Waals surface area (Å²) in [6.07, 6.45) is 8.33. The second kappa shape index (κ2) is 9.27. The molecule has 1 aliphatic carbocycles. The first-order chi connectivity index (χ1) is 12.6. The lowest BCUT2D eigenvalue weighted by Gasteiger charge is -2.21. The molecule has 0 heterocycles. The van der Waals surface area contributed by atoms with Gasteiger partial charge in [-0.05, 0) is 73.7 Å². The number of aryl methyl sites for hydroxylation is 2. The normalized spacial score (nSPS) is 15.0. The van der Waals surface area contributed by atoms with Crippen LogP contribution >= 0.6 is 11.8 Å².